The first-order valence-corrected chi connectivity index (χ1v) is 9.20. The van der Waals surface area contributed by atoms with Gasteiger partial charge < -0.3 is 18.9 Å². The van der Waals surface area contributed by atoms with E-state index in [-0.39, 0.29) is 18.1 Å². The lowest BCUT2D eigenvalue weighted by Gasteiger charge is -2.14. The van der Waals surface area contributed by atoms with Crippen LogP contribution in [0.4, 0.5) is 18.9 Å². The van der Waals surface area contributed by atoms with Crippen molar-refractivity contribution in [3.05, 3.63) is 63.2 Å². The Bertz CT molecular complexity index is 1080. The van der Waals surface area contributed by atoms with Gasteiger partial charge in [-0.05, 0) is 42.8 Å². The third kappa shape index (κ3) is 6.21. The van der Waals surface area contributed by atoms with Gasteiger partial charge in [-0.15, -0.1) is 0 Å². The van der Waals surface area contributed by atoms with E-state index in [1.54, 1.807) is 6.92 Å². The van der Waals surface area contributed by atoms with Gasteiger partial charge in [0.1, 0.15) is 5.57 Å². The Labute approximate surface area is 185 Å². The number of nitrogens with zero attached hydrogens (tertiary/aromatic N) is 1. The molecule has 2 aromatic rings. The van der Waals surface area contributed by atoms with Gasteiger partial charge in [-0.2, -0.15) is 13.2 Å². The molecule has 0 aliphatic rings. The molecule has 0 bridgehead atoms. The third-order valence-corrected chi connectivity index (χ3v) is 4.09. The molecule has 0 atom stereocenters. The topological polar surface area (TPSA) is 114 Å². The summed E-state index contributed by atoms with van der Waals surface area (Å²) in [4.78, 5) is 34.0. The number of nitro benzene ring substituents is 1. The maximum absolute atomic E-state index is 12.9. The second kappa shape index (κ2) is 10.5. The summed E-state index contributed by atoms with van der Waals surface area (Å²) in [5.41, 5.74) is -2.21. The molecule has 0 aliphatic heterocycles. The molecule has 0 fully saturated rings. The van der Waals surface area contributed by atoms with E-state index < -0.39 is 45.6 Å². The van der Waals surface area contributed by atoms with E-state index in [4.69, 9.17) is 9.47 Å². The van der Waals surface area contributed by atoms with Crippen molar-refractivity contribution in [1.29, 1.82) is 0 Å². The second-order valence-corrected chi connectivity index (χ2v) is 6.22. The van der Waals surface area contributed by atoms with Gasteiger partial charge in [-0.3, -0.25) is 10.1 Å². The van der Waals surface area contributed by atoms with Crippen molar-refractivity contribution < 1.29 is 46.6 Å². The molecule has 33 heavy (non-hydrogen) atoms. The molecule has 2 rings (SSSR count). The molecule has 176 valence electrons. The molecule has 0 aromatic heterocycles. The predicted octanol–water partition coefficient (Wildman–Crippen LogP) is 4.53. The van der Waals surface area contributed by atoms with Crippen molar-refractivity contribution in [3.63, 3.8) is 0 Å². The van der Waals surface area contributed by atoms with E-state index in [9.17, 15) is 32.9 Å². The molecule has 12 heteroatoms. The lowest BCUT2D eigenvalue weighted by Crippen LogP contribution is -2.15. The fourth-order valence-corrected chi connectivity index (χ4v) is 2.60. The minimum absolute atomic E-state index is 0.0467. The average molecular weight is 469 g/mol. The van der Waals surface area contributed by atoms with Crippen molar-refractivity contribution >= 4 is 23.7 Å². The van der Waals surface area contributed by atoms with Gasteiger partial charge in [0.05, 0.1) is 31.3 Å². The van der Waals surface area contributed by atoms with Crippen molar-refractivity contribution in [3.8, 4) is 17.2 Å². The van der Waals surface area contributed by atoms with Crippen LogP contribution in [0, 0.1) is 10.1 Å². The summed E-state index contributed by atoms with van der Waals surface area (Å²) in [5, 5.41) is 11.3. The lowest BCUT2D eigenvalue weighted by molar-refractivity contribution is -0.385. The van der Waals surface area contributed by atoms with Gasteiger partial charge in [-0.25, -0.2) is 9.59 Å². The number of alkyl halides is 3. The number of benzene rings is 2. The van der Waals surface area contributed by atoms with Gasteiger partial charge in [-0.1, -0.05) is 6.07 Å². The molecule has 0 radical (unpaired) electrons. The van der Waals surface area contributed by atoms with Crippen LogP contribution < -0.4 is 9.47 Å². The minimum atomic E-state index is -4.77. The van der Waals surface area contributed by atoms with Crippen LogP contribution in [0.1, 0.15) is 18.1 Å². The van der Waals surface area contributed by atoms with E-state index in [1.807, 2.05) is 0 Å². The zero-order chi connectivity index (χ0) is 24.8. The van der Waals surface area contributed by atoms with Gasteiger partial charge in [0.2, 0.25) is 5.75 Å². The number of halogens is 3. The van der Waals surface area contributed by atoms with Crippen molar-refractivity contribution in [2.24, 2.45) is 0 Å². The van der Waals surface area contributed by atoms with E-state index in [1.165, 1.54) is 24.3 Å². The van der Waals surface area contributed by atoms with Crippen LogP contribution in [0.15, 0.2) is 42.0 Å². The molecule has 9 nitrogen and oxygen atoms in total. The minimum Gasteiger partial charge on any atom is -0.490 e. The van der Waals surface area contributed by atoms with Crippen LogP contribution in [-0.4, -0.2) is 37.7 Å². The van der Waals surface area contributed by atoms with Crippen LogP contribution in [-0.2, 0) is 25.2 Å². The van der Waals surface area contributed by atoms with Crippen LogP contribution in [0.3, 0.4) is 0 Å². The molecule has 0 N–H and O–H groups in total. The van der Waals surface area contributed by atoms with Gasteiger partial charge in [0, 0.05) is 6.07 Å². The van der Waals surface area contributed by atoms with Crippen molar-refractivity contribution in [1.82, 2.24) is 0 Å². The highest BCUT2D eigenvalue weighted by molar-refractivity contribution is 6.17. The summed E-state index contributed by atoms with van der Waals surface area (Å²) in [6.45, 7) is 1.78. The Morgan fingerprint density at radius 2 is 1.61 bits per heavy atom. The number of hydrogen-bond acceptors (Lipinski definition) is 8. The average Bonchev–Trinajstić information content (AvgIpc) is 2.77. The Kier molecular flexibility index (Phi) is 8.00. The van der Waals surface area contributed by atoms with E-state index in [0.29, 0.717) is 17.7 Å². The summed E-state index contributed by atoms with van der Waals surface area (Å²) >= 11 is 0. The van der Waals surface area contributed by atoms with Crippen LogP contribution in [0.5, 0.6) is 17.2 Å². The Morgan fingerprint density at radius 3 is 2.12 bits per heavy atom. The zero-order valence-corrected chi connectivity index (χ0v) is 17.6. The van der Waals surface area contributed by atoms with Crippen molar-refractivity contribution in [2.45, 2.75) is 13.1 Å². The normalized spacial score (nSPS) is 10.7. The molecular formula is C21H18F3NO8. The molecule has 0 amide bonds. The molecule has 2 aromatic carbocycles. The maximum Gasteiger partial charge on any atom is 0.416 e. The quantitative estimate of drug-likeness (QED) is 0.138. The fraction of sp³-hybridized carbons (Fsp3) is 0.238. The number of carbonyl (C=O) groups is 2. The number of nitro groups is 1. The molecule has 0 saturated heterocycles. The van der Waals surface area contributed by atoms with Crippen LogP contribution in [0.25, 0.3) is 6.08 Å². The largest absolute Gasteiger partial charge is 0.490 e. The number of ether oxygens (including phenoxy) is 4. The molecule has 0 saturated carbocycles. The van der Waals surface area contributed by atoms with Gasteiger partial charge in [0.25, 0.3) is 0 Å². The first-order chi connectivity index (χ1) is 15.5. The number of carbonyl (C=O) groups excluding carboxylic acids is 2. The number of rotatable bonds is 8. The third-order valence-electron chi connectivity index (χ3n) is 4.09. The van der Waals surface area contributed by atoms with Crippen molar-refractivity contribution in [2.75, 3.05) is 20.8 Å². The highest BCUT2D eigenvalue weighted by Gasteiger charge is 2.33. The monoisotopic (exact) mass is 469 g/mol. The molecular weight excluding hydrogens is 451 g/mol. The SMILES string of the molecule is CCOc1cc(C=C(C(=O)OC)C(=O)OC)ccc1Oc1ccc(C(F)(F)F)cc1[N+](=O)[O-]. The second-order valence-electron chi connectivity index (χ2n) is 6.22. The maximum atomic E-state index is 12.9. The first kappa shape index (κ1) is 25.2. The summed E-state index contributed by atoms with van der Waals surface area (Å²) in [5.74, 6) is -2.33. The Hall–Kier alpha value is -4.09. The molecule has 0 heterocycles. The highest BCUT2D eigenvalue weighted by atomic mass is 19.4. The number of hydrogen-bond donors (Lipinski definition) is 0. The van der Waals surface area contributed by atoms with E-state index >= 15 is 0 Å². The summed E-state index contributed by atoms with van der Waals surface area (Å²) in [6, 6.07) is 5.91. The highest BCUT2D eigenvalue weighted by Crippen LogP contribution is 2.40. The van der Waals surface area contributed by atoms with E-state index in [0.717, 1.165) is 20.3 Å². The summed E-state index contributed by atoms with van der Waals surface area (Å²) in [6.07, 6.45) is -3.60. The zero-order valence-electron chi connectivity index (χ0n) is 17.6. The van der Waals surface area contributed by atoms with Crippen LogP contribution in [0.2, 0.25) is 0 Å². The number of methoxy groups -OCH3 is 2. The lowest BCUT2D eigenvalue weighted by atomic mass is 10.1. The molecule has 0 unspecified atom stereocenters. The number of esters is 2. The summed E-state index contributed by atoms with van der Waals surface area (Å²) in [7, 11) is 2.16. The van der Waals surface area contributed by atoms with Gasteiger partial charge >= 0.3 is 23.8 Å². The fourth-order valence-electron chi connectivity index (χ4n) is 2.60. The molecule has 0 aliphatic carbocycles. The molecule has 0 spiro atoms. The summed E-state index contributed by atoms with van der Waals surface area (Å²) < 4.78 is 58.8. The van der Waals surface area contributed by atoms with E-state index in [2.05, 4.69) is 9.47 Å². The smallest absolute Gasteiger partial charge is 0.416 e. The van der Waals surface area contributed by atoms with Gasteiger partial charge in [0.15, 0.2) is 11.5 Å². The first-order valence-electron chi connectivity index (χ1n) is 9.20. The Morgan fingerprint density at radius 1 is 1.00 bits per heavy atom. The Balaban J connectivity index is 2.51. The predicted molar refractivity (Wildman–Crippen MR) is 108 cm³/mol. The standard InChI is InChI=1S/C21H18F3NO8/c1-4-32-18-10-12(9-14(19(26)30-2)20(27)31-3)5-7-17(18)33-16-8-6-13(21(22,23)24)11-15(16)25(28)29/h5-11H,4H2,1-3H3. The van der Waals surface area contributed by atoms with Crippen LogP contribution >= 0.6 is 0 Å².